The molecule has 2 aromatic heterocycles. The summed E-state index contributed by atoms with van der Waals surface area (Å²) >= 11 is 1.29. The van der Waals surface area contributed by atoms with Gasteiger partial charge in [0.2, 0.25) is 5.91 Å². The van der Waals surface area contributed by atoms with Gasteiger partial charge in [-0.15, -0.1) is 10.2 Å². The number of nitrogens with two attached hydrogens (primary N) is 1. The lowest BCUT2D eigenvalue weighted by atomic mass is 10.4. The van der Waals surface area contributed by atoms with Crippen LogP contribution in [0.15, 0.2) is 28.0 Å². The lowest BCUT2D eigenvalue weighted by molar-refractivity contribution is -0.117. The van der Waals surface area contributed by atoms with Crippen LogP contribution in [-0.4, -0.2) is 25.9 Å². The van der Waals surface area contributed by atoms with Crippen molar-refractivity contribution >= 4 is 17.7 Å². The Morgan fingerprint density at radius 1 is 1.61 bits per heavy atom. The van der Waals surface area contributed by atoms with E-state index in [2.05, 4.69) is 10.2 Å². The number of nitrogens with zero attached hydrogens (tertiary/aromatic N) is 3. The third-order valence-corrected chi connectivity index (χ3v) is 3.56. The zero-order chi connectivity index (χ0) is 13.1. The number of hydrogen-bond donors (Lipinski definition) is 1. The molecule has 1 atom stereocenters. The second-order valence-electron chi connectivity index (χ2n) is 3.69. The molecule has 96 valence electrons. The normalized spacial score (nSPS) is 12.6. The smallest absolute Gasteiger partial charge is 0.230 e. The Hall–Kier alpha value is -1.76. The van der Waals surface area contributed by atoms with Gasteiger partial charge in [0.05, 0.1) is 11.5 Å². The average molecular weight is 266 g/mol. The second kappa shape index (κ2) is 5.26. The molecule has 0 saturated heterocycles. The predicted molar refractivity (Wildman–Crippen MR) is 67.9 cm³/mol. The molecule has 0 aromatic carbocycles. The van der Waals surface area contributed by atoms with Gasteiger partial charge in [0.1, 0.15) is 0 Å². The van der Waals surface area contributed by atoms with Crippen molar-refractivity contribution < 1.29 is 9.21 Å². The molecule has 18 heavy (non-hydrogen) atoms. The highest BCUT2D eigenvalue weighted by molar-refractivity contribution is 8.00. The van der Waals surface area contributed by atoms with Crippen LogP contribution in [0.25, 0.3) is 11.6 Å². The molecule has 0 saturated carbocycles. The zero-order valence-corrected chi connectivity index (χ0v) is 11.0. The summed E-state index contributed by atoms with van der Waals surface area (Å²) in [7, 11) is 0. The lowest BCUT2D eigenvalue weighted by Crippen LogP contribution is -2.23. The maximum absolute atomic E-state index is 11.1. The molecule has 0 aliphatic rings. The quantitative estimate of drug-likeness (QED) is 0.829. The number of primary amides is 1. The van der Waals surface area contributed by atoms with Crippen molar-refractivity contribution in [2.75, 3.05) is 0 Å². The molecular weight excluding hydrogens is 252 g/mol. The number of carbonyl (C=O) groups is 1. The monoisotopic (exact) mass is 266 g/mol. The van der Waals surface area contributed by atoms with E-state index in [4.69, 9.17) is 10.2 Å². The van der Waals surface area contributed by atoms with Crippen LogP contribution in [0.5, 0.6) is 0 Å². The van der Waals surface area contributed by atoms with Gasteiger partial charge in [0.25, 0.3) is 0 Å². The van der Waals surface area contributed by atoms with E-state index in [1.807, 2.05) is 17.6 Å². The maximum Gasteiger partial charge on any atom is 0.230 e. The van der Waals surface area contributed by atoms with E-state index < -0.39 is 0 Å². The van der Waals surface area contributed by atoms with Crippen LogP contribution in [0.3, 0.4) is 0 Å². The van der Waals surface area contributed by atoms with Crippen LogP contribution < -0.4 is 5.73 Å². The van der Waals surface area contributed by atoms with Crippen LogP contribution in [0, 0.1) is 0 Å². The van der Waals surface area contributed by atoms with Crippen molar-refractivity contribution in [3.8, 4) is 11.6 Å². The number of hydrogen-bond acceptors (Lipinski definition) is 5. The zero-order valence-electron chi connectivity index (χ0n) is 10.2. The molecule has 2 aromatic rings. The highest BCUT2D eigenvalue weighted by Crippen LogP contribution is 2.26. The molecule has 2 heterocycles. The van der Waals surface area contributed by atoms with E-state index in [1.165, 1.54) is 11.8 Å². The van der Waals surface area contributed by atoms with Gasteiger partial charge in [-0.1, -0.05) is 11.8 Å². The summed E-state index contributed by atoms with van der Waals surface area (Å²) in [5.41, 5.74) is 5.24. The molecule has 7 heteroatoms. The van der Waals surface area contributed by atoms with Crippen LogP contribution >= 0.6 is 11.8 Å². The van der Waals surface area contributed by atoms with Crippen molar-refractivity contribution in [3.05, 3.63) is 18.4 Å². The molecule has 1 amide bonds. The van der Waals surface area contributed by atoms with Crippen molar-refractivity contribution in [2.24, 2.45) is 5.73 Å². The Balaban J connectivity index is 2.30. The largest absolute Gasteiger partial charge is 0.461 e. The minimum atomic E-state index is -0.370. The number of amides is 1. The number of rotatable bonds is 5. The molecule has 0 aliphatic heterocycles. The summed E-state index contributed by atoms with van der Waals surface area (Å²) < 4.78 is 7.20. The molecule has 6 nitrogen and oxygen atoms in total. The Kier molecular flexibility index (Phi) is 3.71. The van der Waals surface area contributed by atoms with E-state index in [-0.39, 0.29) is 11.2 Å². The van der Waals surface area contributed by atoms with Crippen LogP contribution in [-0.2, 0) is 11.3 Å². The van der Waals surface area contributed by atoms with Crippen LogP contribution in [0.4, 0.5) is 0 Å². The highest BCUT2D eigenvalue weighted by Gasteiger charge is 2.19. The van der Waals surface area contributed by atoms with Gasteiger partial charge >= 0.3 is 0 Å². The first-order valence-electron chi connectivity index (χ1n) is 5.56. The van der Waals surface area contributed by atoms with Gasteiger partial charge in [-0.2, -0.15) is 0 Å². The molecule has 2 N–H and O–H groups in total. The Bertz CT molecular complexity index is 535. The van der Waals surface area contributed by atoms with Gasteiger partial charge in [0.15, 0.2) is 16.7 Å². The first kappa shape index (κ1) is 12.7. The fourth-order valence-corrected chi connectivity index (χ4v) is 2.33. The second-order valence-corrected chi connectivity index (χ2v) is 5.00. The number of furan rings is 1. The molecule has 0 spiro atoms. The van der Waals surface area contributed by atoms with E-state index in [1.54, 1.807) is 19.3 Å². The summed E-state index contributed by atoms with van der Waals surface area (Å²) in [5, 5.41) is 8.48. The lowest BCUT2D eigenvalue weighted by Gasteiger charge is -2.08. The third-order valence-electron chi connectivity index (χ3n) is 2.46. The molecule has 0 aliphatic carbocycles. The van der Waals surface area contributed by atoms with Crippen molar-refractivity contribution in [1.82, 2.24) is 14.8 Å². The van der Waals surface area contributed by atoms with Gasteiger partial charge in [0, 0.05) is 6.54 Å². The Morgan fingerprint density at radius 2 is 2.39 bits per heavy atom. The van der Waals surface area contributed by atoms with Gasteiger partial charge in [-0.05, 0) is 26.0 Å². The number of thioether (sulfide) groups is 1. The summed E-state index contributed by atoms with van der Waals surface area (Å²) in [4.78, 5) is 11.1. The molecule has 0 radical (unpaired) electrons. The molecule has 1 unspecified atom stereocenters. The van der Waals surface area contributed by atoms with Crippen LogP contribution in [0.2, 0.25) is 0 Å². The molecule has 0 bridgehead atoms. The van der Waals surface area contributed by atoms with E-state index >= 15 is 0 Å². The van der Waals surface area contributed by atoms with Crippen LogP contribution in [0.1, 0.15) is 13.8 Å². The van der Waals surface area contributed by atoms with E-state index in [0.717, 1.165) is 0 Å². The Labute approximate surface area is 109 Å². The molecular formula is C11H14N4O2S. The van der Waals surface area contributed by atoms with Gasteiger partial charge in [-0.3, -0.25) is 9.36 Å². The summed E-state index contributed by atoms with van der Waals surface area (Å²) in [5.74, 6) is 0.940. The first-order valence-corrected chi connectivity index (χ1v) is 6.44. The van der Waals surface area contributed by atoms with Crippen molar-refractivity contribution in [1.29, 1.82) is 0 Å². The fraction of sp³-hybridized carbons (Fsp3) is 0.364. The summed E-state index contributed by atoms with van der Waals surface area (Å²) in [6, 6.07) is 3.62. The molecule has 0 fully saturated rings. The summed E-state index contributed by atoms with van der Waals surface area (Å²) in [6.45, 7) is 4.42. The van der Waals surface area contributed by atoms with Gasteiger partial charge < -0.3 is 10.2 Å². The third kappa shape index (κ3) is 2.40. The minimum Gasteiger partial charge on any atom is -0.461 e. The maximum atomic E-state index is 11.1. The average Bonchev–Trinajstić information content (AvgIpc) is 2.96. The standard InChI is InChI=1S/C11H14N4O2S/c1-3-15-10(8-5-4-6-17-8)13-14-11(15)18-7(2)9(12)16/h4-7H,3H2,1-2H3,(H2,12,16). The Morgan fingerprint density at radius 3 is 2.94 bits per heavy atom. The number of carbonyl (C=O) groups excluding carboxylic acids is 1. The number of aromatic nitrogens is 3. The fourth-order valence-electron chi connectivity index (χ4n) is 1.47. The molecule has 2 rings (SSSR count). The predicted octanol–water partition coefficient (Wildman–Crippen LogP) is 1.52. The van der Waals surface area contributed by atoms with E-state index in [0.29, 0.717) is 23.3 Å². The van der Waals surface area contributed by atoms with Crippen molar-refractivity contribution in [3.63, 3.8) is 0 Å². The minimum absolute atomic E-state index is 0.344. The highest BCUT2D eigenvalue weighted by atomic mass is 32.2. The van der Waals surface area contributed by atoms with Gasteiger partial charge in [-0.25, -0.2) is 0 Å². The topological polar surface area (TPSA) is 86.9 Å². The van der Waals surface area contributed by atoms with E-state index in [9.17, 15) is 4.79 Å². The SMILES string of the molecule is CCn1c(SC(C)C(N)=O)nnc1-c1ccco1. The summed E-state index contributed by atoms with van der Waals surface area (Å²) in [6.07, 6.45) is 1.59. The first-order chi connectivity index (χ1) is 8.63. The van der Waals surface area contributed by atoms with Crippen molar-refractivity contribution in [2.45, 2.75) is 30.8 Å².